The van der Waals surface area contributed by atoms with Crippen LogP contribution in [0.15, 0.2) is 48.7 Å². The maximum atomic E-state index is 10.8. The number of hydrogen-bond acceptors (Lipinski definition) is 3. The summed E-state index contributed by atoms with van der Waals surface area (Å²) in [6, 6.07) is 11.5. The van der Waals surface area contributed by atoms with E-state index in [2.05, 4.69) is 5.10 Å². The molecule has 0 bridgehead atoms. The summed E-state index contributed by atoms with van der Waals surface area (Å²) in [7, 11) is 0. The van der Waals surface area contributed by atoms with Crippen LogP contribution in [0.4, 0.5) is 5.69 Å². The number of nitro groups is 1. The quantitative estimate of drug-likeness (QED) is 0.459. The summed E-state index contributed by atoms with van der Waals surface area (Å²) in [6.07, 6.45) is 1.68. The minimum Gasteiger partial charge on any atom is -0.258 e. The average molecular weight is 369 g/mol. The molecule has 0 N–H and O–H groups in total. The SMILES string of the molecule is O=[N+]([O-])c1cc(Cl)c(-n2ccc(-c3ccc(Cl)cc3)n2)c(Cl)c1. The summed E-state index contributed by atoms with van der Waals surface area (Å²) in [5.41, 5.74) is 1.79. The Hall–Kier alpha value is -2.08. The van der Waals surface area contributed by atoms with Gasteiger partial charge >= 0.3 is 0 Å². The molecule has 0 radical (unpaired) electrons. The number of rotatable bonds is 3. The summed E-state index contributed by atoms with van der Waals surface area (Å²) in [5, 5.41) is 16.2. The van der Waals surface area contributed by atoms with Gasteiger partial charge in [-0.1, -0.05) is 46.9 Å². The van der Waals surface area contributed by atoms with Crippen LogP contribution in [-0.4, -0.2) is 14.7 Å². The standard InChI is InChI=1S/C15H8Cl3N3O2/c16-10-3-1-9(2-4-10)14-5-6-20(19-14)15-12(17)7-11(21(22)23)8-13(15)18/h1-8H. The maximum absolute atomic E-state index is 10.8. The Morgan fingerprint density at radius 3 is 2.17 bits per heavy atom. The minimum atomic E-state index is -0.552. The molecular formula is C15H8Cl3N3O2. The highest BCUT2D eigenvalue weighted by molar-refractivity contribution is 6.38. The molecule has 0 aliphatic heterocycles. The summed E-state index contributed by atoms with van der Waals surface area (Å²) in [5.74, 6) is 0. The van der Waals surface area contributed by atoms with Gasteiger partial charge in [0.1, 0.15) is 5.69 Å². The number of non-ortho nitro benzene ring substituents is 1. The molecule has 0 saturated heterocycles. The van der Waals surface area contributed by atoms with Gasteiger partial charge in [-0.3, -0.25) is 10.1 Å². The number of halogens is 3. The Morgan fingerprint density at radius 2 is 1.61 bits per heavy atom. The molecule has 0 atom stereocenters. The lowest BCUT2D eigenvalue weighted by Gasteiger charge is -2.07. The summed E-state index contributed by atoms with van der Waals surface area (Å²) >= 11 is 18.1. The number of benzene rings is 2. The van der Waals surface area contributed by atoms with Gasteiger partial charge in [0.05, 0.1) is 20.7 Å². The third kappa shape index (κ3) is 3.17. The highest BCUT2D eigenvalue weighted by Crippen LogP contribution is 2.33. The zero-order valence-corrected chi connectivity index (χ0v) is 13.7. The number of nitro benzene ring substituents is 1. The van der Waals surface area contributed by atoms with E-state index in [0.717, 1.165) is 5.56 Å². The number of hydrogen-bond donors (Lipinski definition) is 0. The van der Waals surface area contributed by atoms with Crippen molar-refractivity contribution in [1.29, 1.82) is 0 Å². The van der Waals surface area contributed by atoms with Crippen molar-refractivity contribution in [2.45, 2.75) is 0 Å². The molecule has 0 aliphatic rings. The topological polar surface area (TPSA) is 61.0 Å². The first-order valence-electron chi connectivity index (χ1n) is 6.41. The van der Waals surface area contributed by atoms with Gasteiger partial charge in [-0.25, -0.2) is 4.68 Å². The third-order valence-electron chi connectivity index (χ3n) is 3.17. The van der Waals surface area contributed by atoms with Crippen LogP contribution in [0.25, 0.3) is 16.9 Å². The largest absolute Gasteiger partial charge is 0.272 e. The Kier molecular flexibility index (Phi) is 4.26. The molecular weight excluding hydrogens is 361 g/mol. The molecule has 0 spiro atoms. The lowest BCUT2D eigenvalue weighted by molar-refractivity contribution is -0.384. The second-order valence-electron chi connectivity index (χ2n) is 4.67. The molecule has 23 heavy (non-hydrogen) atoms. The van der Waals surface area contributed by atoms with Gasteiger partial charge in [-0.2, -0.15) is 5.10 Å². The highest BCUT2D eigenvalue weighted by Gasteiger charge is 2.17. The Labute approximate surface area is 146 Å². The van der Waals surface area contributed by atoms with Gasteiger partial charge in [-0.05, 0) is 18.2 Å². The fourth-order valence-electron chi connectivity index (χ4n) is 2.10. The summed E-state index contributed by atoms with van der Waals surface area (Å²) in [4.78, 5) is 10.3. The van der Waals surface area contributed by atoms with E-state index in [4.69, 9.17) is 34.8 Å². The van der Waals surface area contributed by atoms with Crippen LogP contribution >= 0.6 is 34.8 Å². The van der Waals surface area contributed by atoms with E-state index in [1.54, 1.807) is 24.4 Å². The van der Waals surface area contributed by atoms with Crippen molar-refractivity contribution >= 4 is 40.5 Å². The molecule has 0 aliphatic carbocycles. The van der Waals surface area contributed by atoms with Crippen LogP contribution in [-0.2, 0) is 0 Å². The van der Waals surface area contributed by atoms with E-state index in [1.165, 1.54) is 16.8 Å². The van der Waals surface area contributed by atoms with Crippen molar-refractivity contribution in [3.63, 3.8) is 0 Å². The van der Waals surface area contributed by atoms with E-state index >= 15 is 0 Å². The Balaban J connectivity index is 2.04. The van der Waals surface area contributed by atoms with Crippen molar-refractivity contribution in [3.05, 3.63) is 73.8 Å². The minimum absolute atomic E-state index is 0.148. The predicted molar refractivity (Wildman–Crippen MR) is 90.7 cm³/mol. The summed E-state index contributed by atoms with van der Waals surface area (Å²) in [6.45, 7) is 0. The van der Waals surface area contributed by atoms with Crippen LogP contribution in [0.2, 0.25) is 15.1 Å². The van der Waals surface area contributed by atoms with Crippen LogP contribution in [0.1, 0.15) is 0 Å². The van der Waals surface area contributed by atoms with Gasteiger partial charge in [0.2, 0.25) is 0 Å². The molecule has 116 valence electrons. The van der Waals surface area contributed by atoms with E-state index in [-0.39, 0.29) is 15.7 Å². The molecule has 0 unspecified atom stereocenters. The number of nitrogens with zero attached hydrogens (tertiary/aromatic N) is 3. The van der Waals surface area contributed by atoms with E-state index in [0.29, 0.717) is 16.4 Å². The fourth-order valence-corrected chi connectivity index (χ4v) is 2.87. The molecule has 8 heteroatoms. The monoisotopic (exact) mass is 367 g/mol. The zero-order chi connectivity index (χ0) is 16.6. The van der Waals surface area contributed by atoms with Crippen LogP contribution in [0.5, 0.6) is 0 Å². The van der Waals surface area contributed by atoms with Crippen molar-refractivity contribution in [2.75, 3.05) is 0 Å². The molecule has 5 nitrogen and oxygen atoms in total. The molecule has 3 rings (SSSR count). The molecule has 2 aromatic carbocycles. The van der Waals surface area contributed by atoms with Crippen molar-refractivity contribution in [3.8, 4) is 16.9 Å². The maximum Gasteiger partial charge on any atom is 0.272 e. The third-order valence-corrected chi connectivity index (χ3v) is 4.00. The molecule has 0 saturated carbocycles. The summed E-state index contributed by atoms with van der Waals surface area (Å²) < 4.78 is 1.48. The molecule has 1 aromatic heterocycles. The van der Waals surface area contributed by atoms with Crippen molar-refractivity contribution in [1.82, 2.24) is 9.78 Å². The van der Waals surface area contributed by atoms with Crippen molar-refractivity contribution < 1.29 is 4.92 Å². The van der Waals surface area contributed by atoms with Gasteiger partial charge in [0, 0.05) is 28.9 Å². The van der Waals surface area contributed by atoms with Gasteiger partial charge in [0.25, 0.3) is 5.69 Å². The van der Waals surface area contributed by atoms with Crippen LogP contribution < -0.4 is 0 Å². The lowest BCUT2D eigenvalue weighted by atomic mass is 10.2. The first kappa shape index (κ1) is 15.8. The second-order valence-corrected chi connectivity index (χ2v) is 5.92. The zero-order valence-electron chi connectivity index (χ0n) is 11.4. The molecule has 3 aromatic rings. The van der Waals surface area contributed by atoms with E-state index in [1.807, 2.05) is 12.1 Å². The highest BCUT2D eigenvalue weighted by atomic mass is 35.5. The molecule has 0 fully saturated rings. The normalized spacial score (nSPS) is 10.7. The fraction of sp³-hybridized carbons (Fsp3) is 0. The molecule has 0 amide bonds. The van der Waals surface area contributed by atoms with Gasteiger partial charge in [0.15, 0.2) is 0 Å². The Bertz CT molecular complexity index is 868. The Morgan fingerprint density at radius 1 is 1.00 bits per heavy atom. The van der Waals surface area contributed by atoms with Gasteiger partial charge in [-0.15, -0.1) is 0 Å². The first-order chi connectivity index (χ1) is 11.0. The van der Waals surface area contributed by atoms with Crippen LogP contribution in [0, 0.1) is 10.1 Å². The van der Waals surface area contributed by atoms with E-state index < -0.39 is 4.92 Å². The smallest absolute Gasteiger partial charge is 0.258 e. The van der Waals surface area contributed by atoms with Gasteiger partial charge < -0.3 is 0 Å². The lowest BCUT2D eigenvalue weighted by Crippen LogP contribution is -1.99. The molecule has 1 heterocycles. The van der Waals surface area contributed by atoms with Crippen LogP contribution in [0.3, 0.4) is 0 Å². The van der Waals surface area contributed by atoms with Crippen molar-refractivity contribution in [2.24, 2.45) is 0 Å². The second kappa shape index (κ2) is 6.20. The predicted octanol–water partition coefficient (Wildman–Crippen LogP) is 5.41. The average Bonchev–Trinajstić information content (AvgIpc) is 2.96. The number of aromatic nitrogens is 2. The first-order valence-corrected chi connectivity index (χ1v) is 7.54. The van der Waals surface area contributed by atoms with E-state index in [9.17, 15) is 10.1 Å².